The van der Waals surface area contributed by atoms with Crippen molar-refractivity contribution in [2.45, 2.75) is 130 Å². The van der Waals surface area contributed by atoms with Gasteiger partial charge in [-0.3, -0.25) is 24.1 Å². The van der Waals surface area contributed by atoms with Crippen LogP contribution in [0.2, 0.25) is 0 Å². The first-order chi connectivity index (χ1) is 29.9. The number of nitrogens with zero attached hydrogens (tertiary/aromatic N) is 1. The molecule has 16 atom stereocenters. The van der Waals surface area contributed by atoms with Gasteiger partial charge in [0, 0.05) is 19.5 Å². The first kappa shape index (κ1) is 54.5. The molecule has 0 aromatic rings. The minimum atomic E-state index is -1.81. The third-order valence-corrected chi connectivity index (χ3v) is 10.3. The summed E-state index contributed by atoms with van der Waals surface area (Å²) in [6, 6.07) is -1.08. The number of carboxylic acid groups (broad SMARTS) is 1. The van der Waals surface area contributed by atoms with Gasteiger partial charge in [-0.2, -0.15) is 0 Å². The summed E-state index contributed by atoms with van der Waals surface area (Å²) in [6.07, 6.45) is -22.8. The van der Waals surface area contributed by atoms with Crippen LogP contribution in [0.15, 0.2) is 0 Å². The molecule has 3 amide bonds. The van der Waals surface area contributed by atoms with E-state index in [1.165, 1.54) is 0 Å². The molecule has 0 radical (unpaired) electrons. The van der Waals surface area contributed by atoms with E-state index in [-0.39, 0.29) is 39.1 Å². The molecule has 0 aromatic carbocycles. The summed E-state index contributed by atoms with van der Waals surface area (Å²) in [4.78, 5) is 51.4. The minimum Gasteiger partial charge on any atom is -0.481 e. The molecule has 3 saturated heterocycles. The molecule has 27 heteroatoms. The molecule has 0 unspecified atom stereocenters. The summed E-state index contributed by atoms with van der Waals surface area (Å²) in [5.41, 5.74) is 0. The highest BCUT2D eigenvalue weighted by Gasteiger charge is 2.46. The number of aliphatic hydroxyl groups is 12. The van der Waals surface area contributed by atoms with Crippen LogP contribution in [0.3, 0.4) is 0 Å². The molecule has 366 valence electrons. The van der Waals surface area contributed by atoms with Crippen molar-refractivity contribution in [3.05, 3.63) is 0 Å². The fourth-order valence-electron chi connectivity index (χ4n) is 6.68. The first-order valence-corrected chi connectivity index (χ1v) is 20.4. The molecule has 3 aliphatic heterocycles. The van der Waals surface area contributed by atoms with E-state index in [4.69, 9.17) is 33.5 Å². The molecule has 0 aliphatic carbocycles. The van der Waals surface area contributed by atoms with Gasteiger partial charge in [0.15, 0.2) is 18.9 Å². The highest BCUT2D eigenvalue weighted by Crippen LogP contribution is 2.25. The van der Waals surface area contributed by atoms with Gasteiger partial charge in [-0.25, -0.2) is 0 Å². The Hall–Kier alpha value is -2.88. The van der Waals surface area contributed by atoms with Crippen LogP contribution in [0, 0.1) is 0 Å². The van der Waals surface area contributed by atoms with Crippen molar-refractivity contribution in [1.29, 1.82) is 0 Å². The average molecular weight is 921 g/mol. The minimum absolute atomic E-state index is 0.0477. The maximum Gasteiger partial charge on any atom is 0.303 e. The number of carbonyl (C=O) groups excluding carboxylic acids is 3. The standard InChI is InChI=1S/C36H64N4O23/c41-13-18-25(49)28(52)31(55)34(61-18)58-8-5-17(16-60-36-33(57)30(54)27(51)20(15-43)63-36)39-23(46)12-40(10-21(44)37-6-3-1-2-4-24(47)48)11-22(45)38-7-9-59-35-32(56)29(53)26(50)19(14-42)62-35/h17-20,25-36,41-43,49-57H,1-16H2,(H,37,44)(H,38,45)(H,39,46)(H,47,48)/t17-,18-,19-,20+,25-,26-,27+,28+,29+,30-,31+,32+,33-,34+,35+,36-/m1/s1. The molecule has 3 heterocycles. The summed E-state index contributed by atoms with van der Waals surface area (Å²) in [6.45, 7) is -5.02. The Balaban J connectivity index is 1.67. The van der Waals surface area contributed by atoms with E-state index >= 15 is 0 Å². The summed E-state index contributed by atoms with van der Waals surface area (Å²) in [5.74, 6) is -3.08. The van der Waals surface area contributed by atoms with Crippen LogP contribution in [-0.4, -0.2) is 266 Å². The molecule has 0 spiro atoms. The third-order valence-electron chi connectivity index (χ3n) is 10.3. The van der Waals surface area contributed by atoms with Gasteiger partial charge < -0.3 is 111 Å². The van der Waals surface area contributed by atoms with E-state index in [1.54, 1.807) is 0 Å². The number of rotatable bonds is 27. The lowest BCUT2D eigenvalue weighted by Gasteiger charge is -2.40. The van der Waals surface area contributed by atoms with Crippen LogP contribution < -0.4 is 16.0 Å². The number of nitrogens with one attached hydrogen (secondary N) is 3. The van der Waals surface area contributed by atoms with Gasteiger partial charge in [0.25, 0.3) is 0 Å². The van der Waals surface area contributed by atoms with Crippen molar-refractivity contribution in [3.63, 3.8) is 0 Å². The number of amides is 3. The van der Waals surface area contributed by atoms with Gasteiger partial charge in [-0.05, 0) is 19.3 Å². The normalized spacial score (nSPS) is 34.0. The second kappa shape index (κ2) is 27.6. The SMILES string of the molecule is O=C(O)CCCCCNC(=O)CN(CC(=O)NCCO[C@H]1O[C@H](CO)[C@@H](O)[C@H](O)[C@@H]1O)CC(=O)N[C@H](CCO[C@H]1O[C@H](CO)[C@@H](O)[C@H](O)[C@@H]1O)CO[C@@H]1O[C@@H](CO)[C@H](O)[C@@H](O)[C@H]1O. The summed E-state index contributed by atoms with van der Waals surface area (Å²) < 4.78 is 32.5. The van der Waals surface area contributed by atoms with Crippen LogP contribution in [-0.2, 0) is 47.6 Å². The molecule has 16 N–H and O–H groups in total. The lowest BCUT2D eigenvalue weighted by Crippen LogP contribution is -2.60. The summed E-state index contributed by atoms with van der Waals surface area (Å²) in [5, 5.41) is 137. The van der Waals surface area contributed by atoms with E-state index < -0.39 is 168 Å². The monoisotopic (exact) mass is 920 g/mol. The Kier molecular flexibility index (Phi) is 23.8. The smallest absolute Gasteiger partial charge is 0.303 e. The number of hydrogen-bond donors (Lipinski definition) is 16. The molecule has 3 fully saturated rings. The van der Waals surface area contributed by atoms with Crippen molar-refractivity contribution in [3.8, 4) is 0 Å². The zero-order chi connectivity index (χ0) is 46.8. The second-order valence-corrected chi connectivity index (χ2v) is 15.3. The second-order valence-electron chi connectivity index (χ2n) is 15.3. The van der Waals surface area contributed by atoms with Gasteiger partial charge in [-0.15, -0.1) is 0 Å². The molecule has 0 bridgehead atoms. The molecular weight excluding hydrogens is 856 g/mol. The number of ether oxygens (including phenoxy) is 6. The fraction of sp³-hybridized carbons (Fsp3) is 0.889. The number of carboxylic acids is 1. The molecule has 0 aromatic heterocycles. The van der Waals surface area contributed by atoms with Gasteiger partial charge >= 0.3 is 5.97 Å². The Labute approximate surface area is 361 Å². The van der Waals surface area contributed by atoms with Crippen molar-refractivity contribution in [1.82, 2.24) is 20.9 Å². The molecular formula is C36H64N4O23. The van der Waals surface area contributed by atoms with Crippen molar-refractivity contribution in [2.75, 3.05) is 72.4 Å². The van der Waals surface area contributed by atoms with Gasteiger partial charge in [0.1, 0.15) is 73.2 Å². The van der Waals surface area contributed by atoms with Gasteiger partial charge in [0.05, 0.1) is 65.3 Å². The molecule has 3 rings (SSSR count). The highest BCUT2D eigenvalue weighted by molar-refractivity contribution is 5.84. The zero-order valence-electron chi connectivity index (χ0n) is 34.4. The predicted octanol–water partition coefficient (Wildman–Crippen LogP) is -9.51. The number of carbonyl (C=O) groups is 4. The van der Waals surface area contributed by atoms with E-state index in [9.17, 15) is 80.5 Å². The Morgan fingerprint density at radius 3 is 1.41 bits per heavy atom. The van der Waals surface area contributed by atoms with Gasteiger partial charge in [0.2, 0.25) is 17.7 Å². The topological polar surface area (TPSA) is 426 Å². The maximum atomic E-state index is 13.6. The van der Waals surface area contributed by atoms with Crippen molar-refractivity contribution in [2.24, 2.45) is 0 Å². The van der Waals surface area contributed by atoms with E-state index in [1.807, 2.05) is 0 Å². The fourth-order valence-corrected chi connectivity index (χ4v) is 6.68. The van der Waals surface area contributed by atoms with Crippen LogP contribution in [0.4, 0.5) is 0 Å². The third kappa shape index (κ3) is 17.1. The van der Waals surface area contributed by atoms with Crippen LogP contribution in [0.25, 0.3) is 0 Å². The number of hydrogen-bond acceptors (Lipinski definition) is 23. The highest BCUT2D eigenvalue weighted by atomic mass is 16.7. The number of aliphatic hydroxyl groups excluding tert-OH is 12. The number of aliphatic carboxylic acids is 1. The van der Waals surface area contributed by atoms with Crippen LogP contribution in [0.5, 0.6) is 0 Å². The predicted molar refractivity (Wildman–Crippen MR) is 204 cm³/mol. The van der Waals surface area contributed by atoms with E-state index in [2.05, 4.69) is 16.0 Å². The molecule has 3 aliphatic rings. The molecule has 0 saturated carbocycles. The van der Waals surface area contributed by atoms with E-state index in [0.29, 0.717) is 19.3 Å². The quantitative estimate of drug-likeness (QED) is 0.0340. The lowest BCUT2D eigenvalue weighted by molar-refractivity contribution is -0.304. The lowest BCUT2D eigenvalue weighted by atomic mass is 9.99. The van der Waals surface area contributed by atoms with Crippen LogP contribution in [0.1, 0.15) is 32.1 Å². The average Bonchev–Trinajstić information content (AvgIpc) is 3.24. The molecule has 63 heavy (non-hydrogen) atoms. The Morgan fingerprint density at radius 2 is 0.952 bits per heavy atom. The van der Waals surface area contributed by atoms with Crippen molar-refractivity contribution < 1.29 is 114 Å². The summed E-state index contributed by atoms with van der Waals surface area (Å²) >= 11 is 0. The number of unbranched alkanes of at least 4 members (excludes halogenated alkanes) is 2. The Morgan fingerprint density at radius 1 is 0.524 bits per heavy atom. The van der Waals surface area contributed by atoms with Gasteiger partial charge in [-0.1, -0.05) is 6.42 Å². The van der Waals surface area contributed by atoms with Crippen LogP contribution >= 0.6 is 0 Å². The zero-order valence-corrected chi connectivity index (χ0v) is 34.4. The Bertz CT molecular complexity index is 1390. The van der Waals surface area contributed by atoms with E-state index in [0.717, 1.165) is 4.90 Å². The van der Waals surface area contributed by atoms with Crippen molar-refractivity contribution >= 4 is 23.7 Å². The largest absolute Gasteiger partial charge is 0.481 e. The summed E-state index contributed by atoms with van der Waals surface area (Å²) in [7, 11) is 0. The molecule has 27 nitrogen and oxygen atoms in total. The first-order valence-electron chi connectivity index (χ1n) is 20.4. The maximum absolute atomic E-state index is 13.6.